The minimum atomic E-state index is 0.639. The average molecular weight is 348 g/mol. The number of aryl methyl sites for hydroxylation is 1. The van der Waals surface area contributed by atoms with Crippen LogP contribution in [-0.4, -0.2) is 58.6 Å². The van der Waals surface area contributed by atoms with E-state index in [-0.39, 0.29) is 0 Å². The number of guanidine groups is 1. The summed E-state index contributed by atoms with van der Waals surface area (Å²) < 4.78 is 4.90. The van der Waals surface area contributed by atoms with Gasteiger partial charge in [-0.1, -0.05) is 5.16 Å². The van der Waals surface area contributed by atoms with E-state index in [1.807, 2.05) is 12.3 Å². The normalized spacial score (nSPS) is 16.6. The van der Waals surface area contributed by atoms with Crippen molar-refractivity contribution in [1.29, 1.82) is 0 Å². The molecule has 0 saturated carbocycles. The van der Waals surface area contributed by atoms with Crippen LogP contribution in [0.15, 0.2) is 28.0 Å². The van der Waals surface area contributed by atoms with Gasteiger partial charge in [-0.25, -0.2) is 9.98 Å². The van der Waals surface area contributed by atoms with Crippen LogP contribution in [-0.2, 0) is 13.1 Å². The lowest BCUT2D eigenvalue weighted by Crippen LogP contribution is -2.52. The van der Waals surface area contributed by atoms with Crippen LogP contribution in [0.4, 0.5) is 0 Å². The highest BCUT2D eigenvalue weighted by Gasteiger charge is 2.20. The smallest absolute Gasteiger partial charge is 0.194 e. The van der Waals surface area contributed by atoms with E-state index in [1.165, 1.54) is 4.88 Å². The summed E-state index contributed by atoms with van der Waals surface area (Å²) in [6.45, 7) is 10.4. The molecule has 0 atom stereocenters. The van der Waals surface area contributed by atoms with Crippen molar-refractivity contribution in [2.45, 2.75) is 26.9 Å². The molecule has 0 bridgehead atoms. The molecule has 2 aromatic heterocycles. The van der Waals surface area contributed by atoms with Crippen LogP contribution < -0.4 is 5.32 Å². The molecule has 24 heavy (non-hydrogen) atoms. The van der Waals surface area contributed by atoms with E-state index < -0.39 is 0 Å². The molecule has 0 amide bonds. The average Bonchev–Trinajstić information content (AvgIpc) is 3.24. The Bertz CT molecular complexity index is 645. The summed E-state index contributed by atoms with van der Waals surface area (Å²) in [7, 11) is 0. The molecule has 7 nitrogen and oxygen atoms in total. The third-order valence-electron chi connectivity index (χ3n) is 3.92. The van der Waals surface area contributed by atoms with E-state index in [0.717, 1.165) is 55.9 Å². The minimum absolute atomic E-state index is 0.639. The summed E-state index contributed by atoms with van der Waals surface area (Å²) in [4.78, 5) is 15.1. The Morgan fingerprint density at radius 3 is 2.83 bits per heavy atom. The molecule has 1 N–H and O–H groups in total. The zero-order valence-electron chi connectivity index (χ0n) is 14.2. The Morgan fingerprint density at radius 2 is 2.21 bits per heavy atom. The predicted octanol–water partition coefficient (Wildman–Crippen LogP) is 1.72. The molecule has 130 valence electrons. The molecule has 0 radical (unpaired) electrons. The third kappa shape index (κ3) is 4.55. The fourth-order valence-corrected chi connectivity index (χ4v) is 3.42. The first-order valence-electron chi connectivity index (χ1n) is 8.30. The molecule has 0 aliphatic carbocycles. The largest absolute Gasteiger partial charge is 0.364 e. The number of hydrogen-bond acceptors (Lipinski definition) is 6. The fraction of sp³-hybridized carbons (Fsp3) is 0.562. The quantitative estimate of drug-likeness (QED) is 0.655. The molecule has 1 saturated heterocycles. The van der Waals surface area contributed by atoms with Crippen molar-refractivity contribution in [3.8, 4) is 0 Å². The first kappa shape index (κ1) is 16.9. The molecule has 3 rings (SSSR count). The lowest BCUT2D eigenvalue weighted by Gasteiger charge is -2.36. The van der Waals surface area contributed by atoms with E-state index in [1.54, 1.807) is 17.6 Å². The highest BCUT2D eigenvalue weighted by atomic mass is 32.1. The van der Waals surface area contributed by atoms with E-state index in [9.17, 15) is 0 Å². The molecule has 1 aliphatic heterocycles. The van der Waals surface area contributed by atoms with E-state index in [2.05, 4.69) is 39.1 Å². The van der Waals surface area contributed by atoms with Gasteiger partial charge in [0.2, 0.25) is 0 Å². The number of rotatable bonds is 5. The van der Waals surface area contributed by atoms with E-state index in [4.69, 9.17) is 9.52 Å². The SMILES string of the molecule is CCNC(=NCc1ncc(C)s1)N1CCN(Cc2ccon2)CC1. The predicted molar refractivity (Wildman–Crippen MR) is 95.0 cm³/mol. The molecule has 0 aromatic carbocycles. The first-order chi connectivity index (χ1) is 11.7. The molecule has 1 aliphatic rings. The van der Waals surface area contributed by atoms with Crippen molar-refractivity contribution in [2.24, 2.45) is 4.99 Å². The van der Waals surface area contributed by atoms with Gasteiger partial charge in [0.25, 0.3) is 0 Å². The Morgan fingerprint density at radius 1 is 1.38 bits per heavy atom. The lowest BCUT2D eigenvalue weighted by molar-refractivity contribution is 0.169. The molecule has 8 heteroatoms. The van der Waals surface area contributed by atoms with Crippen LogP contribution in [0.5, 0.6) is 0 Å². The van der Waals surface area contributed by atoms with Crippen LogP contribution in [0.2, 0.25) is 0 Å². The third-order valence-corrected chi connectivity index (χ3v) is 4.81. The maximum atomic E-state index is 4.90. The monoisotopic (exact) mass is 348 g/mol. The number of piperazine rings is 1. The number of nitrogens with zero attached hydrogens (tertiary/aromatic N) is 5. The second-order valence-corrected chi connectivity index (χ2v) is 7.11. The van der Waals surface area contributed by atoms with Gasteiger partial charge in [-0.05, 0) is 13.8 Å². The van der Waals surface area contributed by atoms with Crippen molar-refractivity contribution in [2.75, 3.05) is 32.7 Å². The first-order valence-corrected chi connectivity index (χ1v) is 9.12. The lowest BCUT2D eigenvalue weighted by atomic mass is 10.3. The number of nitrogens with one attached hydrogen (secondary N) is 1. The van der Waals surface area contributed by atoms with Gasteiger partial charge in [-0.3, -0.25) is 4.90 Å². The fourth-order valence-electron chi connectivity index (χ4n) is 2.71. The highest BCUT2D eigenvalue weighted by Crippen LogP contribution is 2.13. The second-order valence-electron chi connectivity index (χ2n) is 5.79. The summed E-state index contributed by atoms with van der Waals surface area (Å²) >= 11 is 1.71. The zero-order chi connectivity index (χ0) is 16.8. The molecule has 1 fully saturated rings. The standard InChI is InChI=1S/C16H24N6OS/c1-3-17-16(19-11-15-18-10-13(2)24-15)22-7-5-21(6-8-22)12-14-4-9-23-20-14/h4,9-10H,3,5-8,11-12H2,1-2H3,(H,17,19). The van der Waals surface area contributed by atoms with E-state index >= 15 is 0 Å². The summed E-state index contributed by atoms with van der Waals surface area (Å²) in [6, 6.07) is 1.92. The van der Waals surface area contributed by atoms with Crippen LogP contribution in [0.3, 0.4) is 0 Å². The summed E-state index contributed by atoms with van der Waals surface area (Å²) in [6.07, 6.45) is 3.53. The van der Waals surface area contributed by atoms with Crippen molar-refractivity contribution in [3.05, 3.63) is 34.1 Å². The van der Waals surface area contributed by atoms with Crippen LogP contribution >= 0.6 is 11.3 Å². The van der Waals surface area contributed by atoms with Gasteiger partial charge < -0.3 is 14.7 Å². The van der Waals surface area contributed by atoms with Gasteiger partial charge in [0.05, 0.1) is 12.2 Å². The van der Waals surface area contributed by atoms with Crippen molar-refractivity contribution in [3.63, 3.8) is 0 Å². The molecular formula is C16H24N6OS. The Kier molecular flexibility index (Phi) is 5.81. The topological polar surface area (TPSA) is 69.8 Å². The van der Waals surface area contributed by atoms with Gasteiger partial charge in [0.1, 0.15) is 11.3 Å². The number of aliphatic imine (C=N–C) groups is 1. The maximum Gasteiger partial charge on any atom is 0.194 e. The number of aromatic nitrogens is 2. The van der Waals surface area contributed by atoms with Crippen LogP contribution in [0, 0.1) is 6.92 Å². The highest BCUT2D eigenvalue weighted by molar-refractivity contribution is 7.11. The molecule has 2 aromatic rings. The summed E-state index contributed by atoms with van der Waals surface area (Å²) in [5.41, 5.74) is 0.989. The summed E-state index contributed by atoms with van der Waals surface area (Å²) in [5, 5.41) is 8.45. The van der Waals surface area contributed by atoms with Crippen LogP contribution in [0.1, 0.15) is 22.5 Å². The summed E-state index contributed by atoms with van der Waals surface area (Å²) in [5.74, 6) is 0.978. The number of hydrogen-bond donors (Lipinski definition) is 1. The Labute approximate surface area is 146 Å². The maximum absolute atomic E-state index is 4.90. The van der Waals surface area contributed by atoms with E-state index in [0.29, 0.717) is 6.54 Å². The molecule has 0 spiro atoms. The number of thiazole rings is 1. The van der Waals surface area contributed by atoms with Crippen LogP contribution in [0.25, 0.3) is 0 Å². The Hall–Kier alpha value is -1.93. The second kappa shape index (κ2) is 8.25. The minimum Gasteiger partial charge on any atom is -0.364 e. The van der Waals surface area contributed by atoms with Gasteiger partial charge in [-0.2, -0.15) is 0 Å². The van der Waals surface area contributed by atoms with Gasteiger partial charge in [0, 0.05) is 56.4 Å². The van der Waals surface area contributed by atoms with Gasteiger partial charge >= 0.3 is 0 Å². The molecule has 0 unspecified atom stereocenters. The van der Waals surface area contributed by atoms with Crippen molar-refractivity contribution < 1.29 is 4.52 Å². The Balaban J connectivity index is 1.54. The van der Waals surface area contributed by atoms with Crippen molar-refractivity contribution in [1.82, 2.24) is 25.3 Å². The van der Waals surface area contributed by atoms with Crippen molar-refractivity contribution >= 4 is 17.3 Å². The molecule has 3 heterocycles. The van der Waals surface area contributed by atoms with Gasteiger partial charge in [0.15, 0.2) is 5.96 Å². The molecular weight excluding hydrogens is 324 g/mol. The van der Waals surface area contributed by atoms with Gasteiger partial charge in [-0.15, -0.1) is 11.3 Å². The zero-order valence-corrected chi connectivity index (χ0v) is 15.1.